The van der Waals surface area contributed by atoms with Crippen molar-refractivity contribution in [1.29, 1.82) is 0 Å². The maximum Gasteiger partial charge on any atom is 0.481 e. The lowest BCUT2D eigenvalue weighted by Gasteiger charge is -2.21. The molecule has 19 nitrogen and oxygen atoms in total. The Bertz CT molecular complexity index is 1960. The van der Waals surface area contributed by atoms with Gasteiger partial charge < -0.3 is 44.7 Å². The topological polar surface area (TPSA) is 278 Å². The molecule has 68 heavy (non-hydrogen) atoms. The molecule has 2 aliphatic rings. The Balaban J connectivity index is 1.41. The van der Waals surface area contributed by atoms with Crippen molar-refractivity contribution in [3.05, 3.63) is 83.5 Å². The largest absolute Gasteiger partial charge is 0.481 e. The van der Waals surface area contributed by atoms with Crippen molar-refractivity contribution >= 4 is 33.4 Å². The number of hydrogen-bond acceptors (Lipinski definition) is 16. The Morgan fingerprint density at radius 2 is 1.35 bits per heavy atom. The number of ether oxygens (including phenoxy) is 4. The number of aromatic nitrogens is 2. The average Bonchev–Trinajstić information content (AvgIpc) is 3.97. The number of nitrogens with zero attached hydrogens (tertiary/aromatic N) is 2. The molecule has 2 fully saturated rings. The Labute approximate surface area is 400 Å². The third kappa shape index (κ3) is 25.3. The molecule has 2 aliphatic heterocycles. The number of carbonyl (C=O) groups excluding carboxylic acids is 2. The molecular weight excluding hydrogens is 924 g/mol. The molecule has 21 heteroatoms. The lowest BCUT2D eigenvalue weighted by Crippen LogP contribution is -2.36. The van der Waals surface area contributed by atoms with Crippen molar-refractivity contribution in [2.75, 3.05) is 25.6 Å². The normalized spacial score (nSPS) is 23.1. The van der Waals surface area contributed by atoms with E-state index in [9.17, 15) is 43.5 Å². The van der Waals surface area contributed by atoms with E-state index < -0.39 is 83.7 Å². The fraction of sp³-hybridized carbons (Fsp3) is 0.660. The second kappa shape index (κ2) is 32.3. The summed E-state index contributed by atoms with van der Waals surface area (Å²) in [4.78, 5) is 61.7. The molecular formula is C47H75N3O16P2. The third-order valence-electron chi connectivity index (χ3n) is 10.7. The number of nitrogen functional groups attached to an aromatic ring is 1. The molecule has 0 aliphatic carbocycles. The number of unbranched alkanes of at least 4 members (excludes halogenated alkanes) is 6. The van der Waals surface area contributed by atoms with E-state index in [4.69, 9.17) is 33.7 Å². The van der Waals surface area contributed by atoms with Crippen LogP contribution in [0, 0.1) is 5.92 Å². The predicted octanol–water partition coefficient (Wildman–Crippen LogP) is 8.01. The number of rotatable bonds is 36. The number of phosphoric ester groups is 2. The van der Waals surface area contributed by atoms with Crippen LogP contribution in [0.25, 0.3) is 0 Å². The highest BCUT2D eigenvalue weighted by Gasteiger charge is 2.46. The Hall–Kier alpha value is -3.58. The first-order valence-electron chi connectivity index (χ1n) is 23.8. The molecule has 1 aromatic heterocycles. The van der Waals surface area contributed by atoms with Crippen LogP contribution in [0.15, 0.2) is 77.8 Å². The molecule has 6 N–H and O–H groups in total. The number of phosphoric acid groups is 2. The molecule has 0 spiro atoms. The number of carbonyl (C=O) groups is 2. The van der Waals surface area contributed by atoms with Crippen LogP contribution in [-0.4, -0.2) is 97.9 Å². The lowest BCUT2D eigenvalue weighted by atomic mass is 10.0. The summed E-state index contributed by atoms with van der Waals surface area (Å²) in [6.07, 6.45) is 28.4. The van der Waals surface area contributed by atoms with Gasteiger partial charge in [-0.15, -0.1) is 0 Å². The van der Waals surface area contributed by atoms with Gasteiger partial charge in [0, 0.05) is 19.0 Å². The van der Waals surface area contributed by atoms with Gasteiger partial charge in [-0.3, -0.25) is 23.2 Å². The van der Waals surface area contributed by atoms with Crippen LogP contribution in [0.3, 0.4) is 0 Å². The number of hydrogen-bond donors (Lipinski definition) is 5. The summed E-state index contributed by atoms with van der Waals surface area (Å²) in [6, 6.07) is 1.24. The quantitative estimate of drug-likeness (QED) is 0.0140. The first kappa shape index (κ1) is 58.7. The van der Waals surface area contributed by atoms with Gasteiger partial charge in [0.1, 0.15) is 30.7 Å². The second-order valence-electron chi connectivity index (χ2n) is 17.1. The van der Waals surface area contributed by atoms with E-state index >= 15 is 0 Å². The van der Waals surface area contributed by atoms with Gasteiger partial charge in [-0.25, -0.2) is 13.9 Å². The van der Waals surface area contributed by atoms with Crippen molar-refractivity contribution in [1.82, 2.24) is 9.55 Å². The van der Waals surface area contributed by atoms with Gasteiger partial charge in [0.05, 0.1) is 25.4 Å². The average molecular weight is 1000 g/mol. The van der Waals surface area contributed by atoms with Gasteiger partial charge in [-0.05, 0) is 63.4 Å². The summed E-state index contributed by atoms with van der Waals surface area (Å²) >= 11 is 0. The molecule has 3 rings (SSSR count). The van der Waals surface area contributed by atoms with Crippen molar-refractivity contribution in [3.63, 3.8) is 0 Å². The highest BCUT2D eigenvalue weighted by molar-refractivity contribution is 7.61. The van der Waals surface area contributed by atoms with Crippen LogP contribution in [0.5, 0.6) is 0 Å². The number of esters is 2. The molecule has 0 bridgehead atoms. The van der Waals surface area contributed by atoms with Crippen LogP contribution in [-0.2, 0) is 51.0 Å². The molecule has 0 radical (unpaired) electrons. The minimum absolute atomic E-state index is 0.00365. The van der Waals surface area contributed by atoms with Crippen LogP contribution in [0.1, 0.15) is 136 Å². The molecule has 3 heterocycles. The van der Waals surface area contributed by atoms with Crippen molar-refractivity contribution < 1.29 is 71.0 Å². The van der Waals surface area contributed by atoms with Crippen molar-refractivity contribution in [3.8, 4) is 0 Å². The van der Waals surface area contributed by atoms with Crippen LogP contribution < -0.4 is 11.4 Å². The predicted molar refractivity (Wildman–Crippen MR) is 256 cm³/mol. The summed E-state index contributed by atoms with van der Waals surface area (Å²) in [7, 11) is -10.9. The number of nitrogens with two attached hydrogens (primary N) is 1. The summed E-state index contributed by atoms with van der Waals surface area (Å²) < 4.78 is 62.2. The number of aliphatic hydroxyl groups excluding tert-OH is 2. The third-order valence-corrected chi connectivity index (χ3v) is 13.3. The molecule has 1 aromatic rings. The van der Waals surface area contributed by atoms with Crippen LogP contribution >= 0.6 is 15.6 Å². The Morgan fingerprint density at radius 3 is 1.99 bits per heavy atom. The Kier molecular flexibility index (Phi) is 27.9. The van der Waals surface area contributed by atoms with Crippen LogP contribution in [0.2, 0.25) is 0 Å². The van der Waals surface area contributed by atoms with E-state index in [1.807, 2.05) is 18.2 Å². The lowest BCUT2D eigenvalue weighted by molar-refractivity contribution is -0.161. The van der Waals surface area contributed by atoms with Gasteiger partial charge in [-0.2, -0.15) is 9.29 Å². The van der Waals surface area contributed by atoms with Crippen LogP contribution in [0.4, 0.5) is 5.82 Å². The summed E-state index contributed by atoms with van der Waals surface area (Å²) in [5.41, 5.74) is 4.57. The summed E-state index contributed by atoms with van der Waals surface area (Å²) in [6.45, 7) is 4.14. The van der Waals surface area contributed by atoms with E-state index in [1.165, 1.54) is 18.9 Å². The van der Waals surface area contributed by atoms with Gasteiger partial charge in [-0.1, -0.05) is 126 Å². The molecule has 4 unspecified atom stereocenters. The second-order valence-corrected chi connectivity index (χ2v) is 20.1. The van der Waals surface area contributed by atoms with Crippen molar-refractivity contribution in [2.24, 2.45) is 5.92 Å². The van der Waals surface area contributed by atoms with E-state index in [0.29, 0.717) is 37.4 Å². The van der Waals surface area contributed by atoms with E-state index in [2.05, 4.69) is 72.6 Å². The first-order valence-corrected chi connectivity index (χ1v) is 26.8. The molecule has 0 aromatic carbocycles. The summed E-state index contributed by atoms with van der Waals surface area (Å²) in [5.74, 6) is -0.732. The van der Waals surface area contributed by atoms with E-state index in [1.54, 1.807) is 0 Å². The first-order chi connectivity index (χ1) is 32.5. The maximum atomic E-state index is 12.8. The van der Waals surface area contributed by atoms with Gasteiger partial charge in [0.25, 0.3) is 0 Å². The monoisotopic (exact) mass is 999 g/mol. The number of aliphatic hydroxyl groups is 2. The fourth-order valence-electron chi connectivity index (χ4n) is 6.92. The fourth-order valence-corrected chi connectivity index (χ4v) is 9.03. The van der Waals surface area contributed by atoms with Gasteiger partial charge in [0.2, 0.25) is 0 Å². The molecule has 2 saturated heterocycles. The number of allylic oxidation sites excluding steroid dienone is 8. The van der Waals surface area contributed by atoms with E-state index in [0.717, 1.165) is 75.0 Å². The zero-order valence-electron chi connectivity index (χ0n) is 39.7. The maximum absolute atomic E-state index is 12.8. The van der Waals surface area contributed by atoms with Gasteiger partial charge in [0.15, 0.2) is 12.3 Å². The minimum atomic E-state index is -5.44. The van der Waals surface area contributed by atoms with E-state index in [-0.39, 0.29) is 18.7 Å². The Morgan fingerprint density at radius 1 is 0.765 bits per heavy atom. The molecule has 0 saturated carbocycles. The summed E-state index contributed by atoms with van der Waals surface area (Å²) in [5, 5.41) is 20.9. The highest BCUT2D eigenvalue weighted by Crippen LogP contribution is 2.60. The number of anilines is 1. The minimum Gasteiger partial charge on any atom is -0.462 e. The standard InChI is InChI=1S/C47H75N3O16P2/c1-4-5-21-27-38-39(64-38)28-23-18-14-10-8-6-7-9-11-15-19-24-29-42(51)60-33-37(63-43(52)30-25-20-16-12-13-17-22-26-36(2)3)34-61-67(56,57)66-68(58,59)62-35-40-44(53)45(54)46(65-40)50-32-31-41(48)49-47(50)55/h5,7-10,15,18-19,21,23,31-32,36-40,44-46,53-54H,4,6,11-14,16-17,20,22,24-30,33-35H2,1-3H3,(H,56,57)(H,58,59)(H2,48,49,55)/b9-7-,10-8-,19-15-,21-5-,23-18-/t37-,38?,39?,40-,44-,45-,46-/m1/s1. The smallest absolute Gasteiger partial charge is 0.462 e. The molecule has 9 atom stereocenters. The zero-order valence-corrected chi connectivity index (χ0v) is 41.5. The molecule has 0 amide bonds. The number of epoxide rings is 1. The highest BCUT2D eigenvalue weighted by atomic mass is 31.3. The SMILES string of the molecule is CC/C=C\CC1OC1C/C=C\C/C=C\C/C=C\C/C=C\CCC(=O)OC[C@H](COP(=O)(O)OP(=O)(O)OC[C@H]1O[C@@H](n2ccc(N)nc2=O)[C@H](O)[C@@H]1O)OC(=O)CCCCCCCCCC(C)C. The van der Waals surface area contributed by atoms with Gasteiger partial charge >= 0.3 is 33.3 Å². The molecule has 384 valence electrons. The van der Waals surface area contributed by atoms with Crippen molar-refractivity contribution in [2.45, 2.75) is 173 Å². The zero-order chi connectivity index (χ0) is 49.8.